The van der Waals surface area contributed by atoms with E-state index in [-0.39, 0.29) is 11.8 Å². The molecule has 1 N–H and O–H groups in total. The van der Waals surface area contributed by atoms with Crippen LogP contribution in [-0.4, -0.2) is 34.8 Å². The molecule has 1 saturated heterocycles. The number of benzene rings is 2. The van der Waals surface area contributed by atoms with Crippen molar-refractivity contribution in [2.24, 2.45) is 0 Å². The molecular formula is C25H27N3O2S. The molecule has 3 aromatic rings. The Kier molecular flexibility index (Phi) is 6.47. The normalized spacial score (nSPS) is 14.5. The lowest BCUT2D eigenvalue weighted by molar-refractivity contribution is -0.131. The fraction of sp³-hybridized carbons (Fsp3) is 0.320. The number of rotatable bonds is 5. The smallest absolute Gasteiger partial charge is 0.275 e. The van der Waals surface area contributed by atoms with E-state index >= 15 is 0 Å². The van der Waals surface area contributed by atoms with Gasteiger partial charge in [0.15, 0.2) is 0 Å². The van der Waals surface area contributed by atoms with Crippen LogP contribution in [0, 0.1) is 6.92 Å². The maximum absolute atomic E-state index is 12.9. The highest BCUT2D eigenvalue weighted by Crippen LogP contribution is 2.32. The maximum Gasteiger partial charge on any atom is 0.275 e. The van der Waals surface area contributed by atoms with E-state index in [1.807, 2.05) is 41.5 Å². The van der Waals surface area contributed by atoms with Crippen LogP contribution < -0.4 is 5.32 Å². The first kappa shape index (κ1) is 21.2. The second-order valence-corrected chi connectivity index (χ2v) is 8.84. The first-order valence-electron chi connectivity index (χ1n) is 10.8. The molecule has 160 valence electrons. The molecule has 1 aromatic heterocycles. The molecule has 4 rings (SSSR count). The monoisotopic (exact) mass is 433 g/mol. The van der Waals surface area contributed by atoms with Crippen molar-refractivity contribution in [3.63, 3.8) is 0 Å². The predicted octanol–water partition coefficient (Wildman–Crippen LogP) is 5.49. The van der Waals surface area contributed by atoms with Crippen molar-refractivity contribution in [2.45, 2.75) is 39.0 Å². The Hall–Kier alpha value is -2.99. The van der Waals surface area contributed by atoms with Crippen LogP contribution >= 0.6 is 11.3 Å². The number of nitrogens with zero attached hydrogens (tertiary/aromatic N) is 2. The van der Waals surface area contributed by atoms with Crippen molar-refractivity contribution in [2.75, 3.05) is 18.4 Å². The van der Waals surface area contributed by atoms with Crippen molar-refractivity contribution in [1.29, 1.82) is 0 Å². The first-order chi connectivity index (χ1) is 15.0. The Morgan fingerprint density at radius 3 is 2.52 bits per heavy atom. The maximum atomic E-state index is 12.9. The molecule has 1 fully saturated rings. The van der Waals surface area contributed by atoms with E-state index in [0.29, 0.717) is 18.0 Å². The summed E-state index contributed by atoms with van der Waals surface area (Å²) in [7, 11) is 0. The van der Waals surface area contributed by atoms with Gasteiger partial charge in [-0.25, -0.2) is 4.98 Å². The summed E-state index contributed by atoms with van der Waals surface area (Å²) in [6.07, 6.45) is 2.35. The SMILES string of the molecule is CCC(=O)N1CCC(c2nc(C(=O)Nc3ccccc3-c3ccc(C)cc3)cs2)CC1. The average Bonchev–Trinajstić information content (AvgIpc) is 3.30. The number of piperidine rings is 1. The van der Waals surface area contributed by atoms with Crippen molar-refractivity contribution in [3.8, 4) is 11.1 Å². The second-order valence-electron chi connectivity index (χ2n) is 7.95. The van der Waals surface area contributed by atoms with Crippen LogP contribution in [0.2, 0.25) is 0 Å². The fourth-order valence-electron chi connectivity index (χ4n) is 3.94. The molecule has 0 atom stereocenters. The highest BCUT2D eigenvalue weighted by atomic mass is 32.1. The number of nitrogens with one attached hydrogen (secondary N) is 1. The van der Waals surface area contributed by atoms with E-state index in [1.54, 1.807) is 0 Å². The van der Waals surface area contributed by atoms with E-state index in [1.165, 1.54) is 16.9 Å². The molecule has 0 aliphatic carbocycles. The van der Waals surface area contributed by atoms with Crippen LogP contribution in [0.3, 0.4) is 0 Å². The summed E-state index contributed by atoms with van der Waals surface area (Å²) in [6.45, 7) is 5.49. The average molecular weight is 434 g/mol. The largest absolute Gasteiger partial charge is 0.343 e. The summed E-state index contributed by atoms with van der Waals surface area (Å²) in [6, 6.07) is 16.1. The van der Waals surface area contributed by atoms with Crippen molar-refractivity contribution in [1.82, 2.24) is 9.88 Å². The quantitative estimate of drug-likeness (QED) is 0.579. The van der Waals surface area contributed by atoms with Crippen LogP contribution in [0.1, 0.15) is 53.2 Å². The third kappa shape index (κ3) is 4.85. The molecule has 0 unspecified atom stereocenters. The predicted molar refractivity (Wildman–Crippen MR) is 126 cm³/mol. The van der Waals surface area contributed by atoms with Gasteiger partial charge < -0.3 is 10.2 Å². The lowest BCUT2D eigenvalue weighted by Crippen LogP contribution is -2.37. The summed E-state index contributed by atoms with van der Waals surface area (Å²) in [5.41, 5.74) is 4.47. The zero-order valence-corrected chi connectivity index (χ0v) is 18.7. The Labute approximate surface area is 187 Å². The highest BCUT2D eigenvalue weighted by Gasteiger charge is 2.25. The molecule has 0 spiro atoms. The summed E-state index contributed by atoms with van der Waals surface area (Å²) >= 11 is 1.54. The number of thiazole rings is 1. The lowest BCUT2D eigenvalue weighted by atomic mass is 9.97. The number of aromatic nitrogens is 1. The van der Waals surface area contributed by atoms with Gasteiger partial charge >= 0.3 is 0 Å². The third-order valence-corrected chi connectivity index (χ3v) is 6.80. The number of amides is 2. The highest BCUT2D eigenvalue weighted by molar-refractivity contribution is 7.10. The lowest BCUT2D eigenvalue weighted by Gasteiger charge is -2.30. The zero-order valence-electron chi connectivity index (χ0n) is 17.9. The van der Waals surface area contributed by atoms with E-state index in [9.17, 15) is 9.59 Å². The van der Waals surface area contributed by atoms with Crippen molar-refractivity contribution in [3.05, 3.63) is 70.2 Å². The topological polar surface area (TPSA) is 62.3 Å². The fourth-order valence-corrected chi connectivity index (χ4v) is 4.91. The molecule has 0 radical (unpaired) electrons. The summed E-state index contributed by atoms with van der Waals surface area (Å²) in [5.74, 6) is 0.331. The number of aryl methyl sites for hydroxylation is 1. The molecule has 5 nitrogen and oxygen atoms in total. The van der Waals surface area contributed by atoms with Gasteiger partial charge in [0.05, 0.1) is 5.01 Å². The number of hydrogen-bond donors (Lipinski definition) is 1. The van der Waals surface area contributed by atoms with Crippen LogP contribution in [0.25, 0.3) is 11.1 Å². The minimum atomic E-state index is -0.194. The summed E-state index contributed by atoms with van der Waals surface area (Å²) in [4.78, 5) is 31.4. The molecular weight excluding hydrogens is 406 g/mol. The molecule has 1 aliphatic heterocycles. The number of anilines is 1. The van der Waals surface area contributed by atoms with E-state index in [4.69, 9.17) is 0 Å². The van der Waals surface area contributed by atoms with Gasteiger partial charge in [0, 0.05) is 42.1 Å². The molecule has 6 heteroatoms. The Balaban J connectivity index is 1.45. The Morgan fingerprint density at radius 1 is 1.10 bits per heavy atom. The number of hydrogen-bond acceptors (Lipinski definition) is 4. The summed E-state index contributed by atoms with van der Waals surface area (Å²) in [5, 5.41) is 5.86. The van der Waals surface area contributed by atoms with Crippen LogP contribution in [0.5, 0.6) is 0 Å². The van der Waals surface area contributed by atoms with E-state index < -0.39 is 0 Å². The minimum Gasteiger partial charge on any atom is -0.343 e. The second kappa shape index (κ2) is 9.43. The molecule has 0 saturated carbocycles. The van der Waals surface area contributed by atoms with Gasteiger partial charge in [0.2, 0.25) is 5.91 Å². The number of carbonyl (C=O) groups is 2. The van der Waals surface area contributed by atoms with Gasteiger partial charge in [-0.3, -0.25) is 9.59 Å². The molecule has 1 aliphatic rings. The Bertz CT molecular complexity index is 1070. The van der Waals surface area contributed by atoms with Gasteiger partial charge in [-0.1, -0.05) is 55.0 Å². The number of para-hydroxylation sites is 1. The van der Waals surface area contributed by atoms with Crippen LogP contribution in [-0.2, 0) is 4.79 Å². The standard InChI is InChI=1S/C25H27N3O2S/c1-3-23(29)28-14-12-19(13-15-28)25-27-22(16-31-25)24(30)26-21-7-5-4-6-20(21)18-10-8-17(2)9-11-18/h4-11,16,19H,3,12-15H2,1-2H3,(H,26,30). The van der Waals surface area contributed by atoms with Crippen molar-refractivity contribution >= 4 is 28.8 Å². The van der Waals surface area contributed by atoms with Gasteiger partial charge in [-0.05, 0) is 31.4 Å². The molecule has 2 aromatic carbocycles. The number of carbonyl (C=O) groups excluding carboxylic acids is 2. The number of likely N-dealkylation sites (tertiary alicyclic amines) is 1. The molecule has 2 heterocycles. The zero-order chi connectivity index (χ0) is 21.8. The van der Waals surface area contributed by atoms with Gasteiger partial charge in [-0.2, -0.15) is 0 Å². The minimum absolute atomic E-state index is 0.194. The van der Waals surface area contributed by atoms with E-state index in [0.717, 1.165) is 47.8 Å². The van der Waals surface area contributed by atoms with Gasteiger partial charge in [-0.15, -0.1) is 11.3 Å². The summed E-state index contributed by atoms with van der Waals surface area (Å²) < 4.78 is 0. The van der Waals surface area contributed by atoms with E-state index in [2.05, 4.69) is 41.5 Å². The molecule has 2 amide bonds. The first-order valence-corrected chi connectivity index (χ1v) is 11.6. The van der Waals surface area contributed by atoms with Crippen molar-refractivity contribution < 1.29 is 9.59 Å². The van der Waals surface area contributed by atoms with Crippen LogP contribution in [0.4, 0.5) is 5.69 Å². The molecule has 31 heavy (non-hydrogen) atoms. The Morgan fingerprint density at radius 2 is 1.81 bits per heavy atom. The van der Waals surface area contributed by atoms with Crippen LogP contribution in [0.15, 0.2) is 53.9 Å². The third-order valence-electron chi connectivity index (χ3n) is 5.79. The molecule has 0 bridgehead atoms. The van der Waals surface area contributed by atoms with Gasteiger partial charge in [0.1, 0.15) is 5.69 Å². The van der Waals surface area contributed by atoms with Gasteiger partial charge in [0.25, 0.3) is 5.91 Å².